The number of hydrogen-bond donors (Lipinski definition) is 0. The number of alkyl halides is 7. The van der Waals surface area contributed by atoms with Crippen molar-refractivity contribution in [3.05, 3.63) is 59.2 Å². The molecule has 2 aromatic rings. The first-order chi connectivity index (χ1) is 13.8. The van der Waals surface area contributed by atoms with Gasteiger partial charge < -0.3 is 4.74 Å². The summed E-state index contributed by atoms with van der Waals surface area (Å²) >= 11 is -0.442. The molecule has 3 rings (SSSR count). The molecule has 0 bridgehead atoms. The van der Waals surface area contributed by atoms with Crippen molar-refractivity contribution in [2.75, 3.05) is 0 Å². The molecule has 1 aliphatic rings. The van der Waals surface area contributed by atoms with Crippen LogP contribution >= 0.6 is 11.8 Å². The number of fused-ring (bicyclic) bond motifs is 1. The fraction of sp³-hybridized carbons (Fsp3) is 0.263. The van der Waals surface area contributed by atoms with Crippen LogP contribution in [0.4, 0.5) is 30.7 Å². The average molecular weight is 452 g/mol. The summed E-state index contributed by atoms with van der Waals surface area (Å²) in [6.45, 7) is 0. The zero-order valence-electron chi connectivity index (χ0n) is 14.7. The molecule has 0 spiro atoms. The Kier molecular flexibility index (Phi) is 5.61. The Morgan fingerprint density at radius 1 is 0.867 bits per heavy atom. The SMILES string of the molecule is O=C(CCC(=O)c1ccc2c(c1)SC(F)(F)C(F)(F)O2)c1ccc(C(F)(F)F)cc1. The van der Waals surface area contributed by atoms with Crippen molar-refractivity contribution in [3.8, 4) is 5.75 Å². The van der Waals surface area contributed by atoms with Crippen LogP contribution in [-0.2, 0) is 6.18 Å². The van der Waals surface area contributed by atoms with Gasteiger partial charge in [0.15, 0.2) is 11.6 Å². The van der Waals surface area contributed by atoms with Crippen LogP contribution in [0.2, 0.25) is 0 Å². The number of halogens is 7. The fourth-order valence-corrected chi connectivity index (χ4v) is 3.43. The molecule has 160 valence electrons. The molecule has 0 unspecified atom stereocenters. The summed E-state index contributed by atoms with van der Waals surface area (Å²) in [7, 11) is 0. The van der Waals surface area contributed by atoms with E-state index in [0.717, 1.165) is 42.5 Å². The van der Waals surface area contributed by atoms with Crippen molar-refractivity contribution < 1.29 is 45.1 Å². The molecule has 1 aliphatic heterocycles. The highest BCUT2D eigenvalue weighted by atomic mass is 32.2. The van der Waals surface area contributed by atoms with Gasteiger partial charge in [-0.15, -0.1) is 0 Å². The lowest BCUT2D eigenvalue weighted by molar-refractivity contribution is -0.273. The van der Waals surface area contributed by atoms with Gasteiger partial charge in [0.1, 0.15) is 5.75 Å². The number of ether oxygens (including phenoxy) is 1. The summed E-state index contributed by atoms with van der Waals surface area (Å²) in [5.41, 5.74) is -1.04. The summed E-state index contributed by atoms with van der Waals surface area (Å²) in [6.07, 6.45) is -9.94. The quantitative estimate of drug-likeness (QED) is 0.399. The van der Waals surface area contributed by atoms with Crippen molar-refractivity contribution in [2.24, 2.45) is 0 Å². The number of thioether (sulfide) groups is 1. The van der Waals surface area contributed by atoms with Crippen LogP contribution in [0.5, 0.6) is 5.75 Å². The van der Waals surface area contributed by atoms with Gasteiger partial charge in [-0.05, 0) is 42.1 Å². The third-order valence-electron chi connectivity index (χ3n) is 4.19. The van der Waals surface area contributed by atoms with E-state index < -0.39 is 52.2 Å². The van der Waals surface area contributed by atoms with Crippen LogP contribution in [0.15, 0.2) is 47.4 Å². The first-order valence-electron chi connectivity index (χ1n) is 8.31. The van der Waals surface area contributed by atoms with Gasteiger partial charge in [0.25, 0.3) is 0 Å². The zero-order valence-corrected chi connectivity index (χ0v) is 15.6. The second-order valence-corrected chi connectivity index (χ2v) is 7.48. The van der Waals surface area contributed by atoms with E-state index in [1.165, 1.54) is 0 Å². The monoisotopic (exact) mass is 452 g/mol. The molecule has 0 N–H and O–H groups in total. The number of benzene rings is 2. The van der Waals surface area contributed by atoms with E-state index in [2.05, 4.69) is 4.74 Å². The standard InChI is InChI=1S/C19H11F7O3S/c20-17(21,22)12-4-1-10(2-5-12)13(27)6-7-14(28)11-3-8-15-16(9-11)30-19(25,26)18(23,24)29-15/h1-5,8-9H,6-7H2. The predicted molar refractivity (Wildman–Crippen MR) is 92.2 cm³/mol. The molecule has 0 aliphatic carbocycles. The fourth-order valence-electron chi connectivity index (χ4n) is 2.60. The normalized spacial score (nSPS) is 17.0. The second kappa shape index (κ2) is 7.60. The Hall–Kier alpha value is -2.56. The van der Waals surface area contributed by atoms with Crippen LogP contribution in [-0.4, -0.2) is 22.9 Å². The molecule has 0 amide bonds. The highest BCUT2D eigenvalue weighted by Gasteiger charge is 2.63. The molecule has 30 heavy (non-hydrogen) atoms. The van der Waals surface area contributed by atoms with Crippen LogP contribution in [0.1, 0.15) is 39.1 Å². The van der Waals surface area contributed by atoms with Crippen LogP contribution in [0.25, 0.3) is 0 Å². The lowest BCUT2D eigenvalue weighted by Gasteiger charge is -2.31. The number of rotatable bonds is 5. The largest absolute Gasteiger partial charge is 0.475 e. The minimum absolute atomic E-state index is 0.0212. The predicted octanol–water partition coefficient (Wildman–Crippen LogP) is 6.22. The summed E-state index contributed by atoms with van der Waals surface area (Å²) in [5.74, 6) is -1.72. The maximum absolute atomic E-state index is 13.4. The molecular weight excluding hydrogens is 441 g/mol. The first-order valence-corrected chi connectivity index (χ1v) is 9.13. The zero-order chi connectivity index (χ0) is 22.3. The van der Waals surface area contributed by atoms with E-state index in [1.54, 1.807) is 0 Å². The van der Waals surface area contributed by atoms with Crippen molar-refractivity contribution in [3.63, 3.8) is 0 Å². The molecule has 2 aromatic carbocycles. The van der Waals surface area contributed by atoms with Crippen molar-refractivity contribution in [2.45, 2.75) is 35.3 Å². The Labute approximate surface area is 169 Å². The van der Waals surface area contributed by atoms with E-state index >= 15 is 0 Å². The van der Waals surface area contributed by atoms with E-state index in [1.807, 2.05) is 0 Å². The number of Topliss-reactive ketones (excluding diaryl/α,β-unsaturated/α-hetero) is 2. The van der Waals surface area contributed by atoms with Crippen LogP contribution < -0.4 is 4.74 Å². The highest BCUT2D eigenvalue weighted by molar-refractivity contribution is 8.00. The van der Waals surface area contributed by atoms with Crippen molar-refractivity contribution >= 4 is 23.3 Å². The van der Waals surface area contributed by atoms with E-state index in [-0.39, 0.29) is 28.9 Å². The van der Waals surface area contributed by atoms with Gasteiger partial charge in [-0.2, -0.15) is 30.7 Å². The lowest BCUT2D eigenvalue weighted by atomic mass is 10.0. The molecular formula is C19H11F7O3S. The van der Waals surface area contributed by atoms with Gasteiger partial charge in [0.2, 0.25) is 0 Å². The number of carbonyl (C=O) groups is 2. The smallest absolute Gasteiger partial charge is 0.426 e. The second-order valence-electron chi connectivity index (χ2n) is 6.32. The molecule has 0 saturated heterocycles. The summed E-state index contributed by atoms with van der Waals surface area (Å²) in [6, 6.07) is 6.49. The lowest BCUT2D eigenvalue weighted by Crippen LogP contribution is -2.45. The van der Waals surface area contributed by atoms with E-state index in [9.17, 15) is 40.3 Å². The van der Waals surface area contributed by atoms with Crippen molar-refractivity contribution in [1.82, 2.24) is 0 Å². The van der Waals surface area contributed by atoms with Gasteiger partial charge >= 0.3 is 17.5 Å². The minimum atomic E-state index is -4.70. The molecule has 0 saturated carbocycles. The maximum atomic E-state index is 13.4. The Morgan fingerprint density at radius 2 is 1.40 bits per heavy atom. The highest BCUT2D eigenvalue weighted by Crippen LogP contribution is 2.54. The number of hydrogen-bond acceptors (Lipinski definition) is 4. The van der Waals surface area contributed by atoms with E-state index in [4.69, 9.17) is 0 Å². The average Bonchev–Trinajstić information content (AvgIpc) is 2.65. The Bertz CT molecular complexity index is 985. The van der Waals surface area contributed by atoms with Gasteiger partial charge in [0, 0.05) is 24.0 Å². The summed E-state index contributed by atoms with van der Waals surface area (Å²) < 4.78 is 94.9. The molecule has 0 aromatic heterocycles. The third kappa shape index (κ3) is 4.45. The maximum Gasteiger partial charge on any atom is 0.475 e. The van der Waals surface area contributed by atoms with Gasteiger partial charge in [-0.25, -0.2) is 0 Å². The van der Waals surface area contributed by atoms with Crippen LogP contribution in [0, 0.1) is 0 Å². The molecule has 3 nitrogen and oxygen atoms in total. The Balaban J connectivity index is 1.66. The van der Waals surface area contributed by atoms with Crippen molar-refractivity contribution in [1.29, 1.82) is 0 Å². The molecule has 0 radical (unpaired) electrons. The molecule has 0 atom stereocenters. The third-order valence-corrected chi connectivity index (χ3v) is 5.23. The van der Waals surface area contributed by atoms with Crippen LogP contribution in [0.3, 0.4) is 0 Å². The van der Waals surface area contributed by atoms with Gasteiger partial charge in [-0.3, -0.25) is 9.59 Å². The topological polar surface area (TPSA) is 43.4 Å². The van der Waals surface area contributed by atoms with E-state index in [0.29, 0.717) is 0 Å². The summed E-state index contributed by atoms with van der Waals surface area (Å²) in [5, 5.41) is -4.53. The number of ketones is 2. The first kappa shape index (κ1) is 22.1. The molecule has 1 heterocycles. The Morgan fingerprint density at radius 3 is 1.97 bits per heavy atom. The minimum Gasteiger partial charge on any atom is -0.426 e. The summed E-state index contributed by atoms with van der Waals surface area (Å²) in [4.78, 5) is 24.0. The van der Waals surface area contributed by atoms with Gasteiger partial charge in [-0.1, -0.05) is 12.1 Å². The molecule has 11 heteroatoms. The van der Waals surface area contributed by atoms with Gasteiger partial charge in [0.05, 0.1) is 10.5 Å². The molecule has 0 fully saturated rings. The number of carbonyl (C=O) groups excluding carboxylic acids is 2.